The summed E-state index contributed by atoms with van der Waals surface area (Å²) in [7, 11) is 1.79. The number of rotatable bonds is 7. The predicted octanol–water partition coefficient (Wildman–Crippen LogP) is 2.36. The van der Waals surface area contributed by atoms with Gasteiger partial charge < -0.3 is 15.0 Å². The third-order valence-electron chi connectivity index (χ3n) is 3.92. The van der Waals surface area contributed by atoms with Crippen LogP contribution in [0.5, 0.6) is 0 Å². The van der Waals surface area contributed by atoms with E-state index in [9.17, 15) is 9.90 Å². The lowest BCUT2D eigenvalue weighted by molar-refractivity contribution is -0.132. The summed E-state index contributed by atoms with van der Waals surface area (Å²) in [5.41, 5.74) is 2.02. The van der Waals surface area contributed by atoms with Crippen molar-refractivity contribution in [3.8, 4) is 0 Å². The third kappa shape index (κ3) is 4.31. The van der Waals surface area contributed by atoms with Crippen molar-refractivity contribution in [1.82, 2.24) is 14.9 Å². The summed E-state index contributed by atoms with van der Waals surface area (Å²) in [4.78, 5) is 21.5. The monoisotopic (exact) mass is 303 g/mol. The fourth-order valence-electron chi connectivity index (χ4n) is 2.30. The maximum Gasteiger partial charge on any atom is 0.224 e. The lowest BCUT2D eigenvalue weighted by Gasteiger charge is -2.20. The molecular formula is C17H25N3O2. The van der Waals surface area contributed by atoms with Crippen molar-refractivity contribution in [3.05, 3.63) is 30.1 Å². The normalized spacial score (nSPS) is 12.8. The molecule has 22 heavy (non-hydrogen) atoms. The highest BCUT2D eigenvalue weighted by molar-refractivity contribution is 5.76. The van der Waals surface area contributed by atoms with Crippen LogP contribution in [0, 0.1) is 5.92 Å². The number of aliphatic hydroxyl groups excluding tert-OH is 1. The zero-order valence-corrected chi connectivity index (χ0v) is 13.5. The average molecular weight is 303 g/mol. The van der Waals surface area contributed by atoms with E-state index in [4.69, 9.17) is 0 Å². The first kappa shape index (κ1) is 16.5. The molecule has 0 aliphatic carbocycles. The number of aliphatic hydroxyl groups is 1. The first-order chi connectivity index (χ1) is 10.5. The number of hydrogen-bond donors (Lipinski definition) is 2. The molecule has 0 radical (unpaired) electrons. The van der Waals surface area contributed by atoms with Crippen molar-refractivity contribution in [1.29, 1.82) is 0 Å². The zero-order valence-electron chi connectivity index (χ0n) is 13.5. The lowest BCUT2D eigenvalue weighted by Crippen LogP contribution is -2.32. The van der Waals surface area contributed by atoms with Gasteiger partial charge in [0.2, 0.25) is 5.91 Å². The van der Waals surface area contributed by atoms with Crippen molar-refractivity contribution >= 4 is 16.9 Å². The van der Waals surface area contributed by atoms with Gasteiger partial charge in [-0.05, 0) is 24.5 Å². The standard InChI is InChI=1S/C17H25N3O2/c1-12(2)15(21)11-17(22)20(3)10-6-9-16-18-13-7-4-5-8-14(13)19-16/h4-5,7-8,12,15,21H,6,9-11H2,1-3H3,(H,18,19). The Morgan fingerprint density at radius 2 is 2.09 bits per heavy atom. The maximum absolute atomic E-state index is 12.0. The Morgan fingerprint density at radius 3 is 2.77 bits per heavy atom. The van der Waals surface area contributed by atoms with Crippen molar-refractivity contribution in [2.24, 2.45) is 5.92 Å². The number of nitrogens with zero attached hydrogens (tertiary/aromatic N) is 2. The highest BCUT2D eigenvalue weighted by atomic mass is 16.3. The number of imidazole rings is 1. The summed E-state index contributed by atoms with van der Waals surface area (Å²) in [6, 6.07) is 7.95. The van der Waals surface area contributed by atoms with Gasteiger partial charge in [-0.2, -0.15) is 0 Å². The molecule has 120 valence electrons. The molecule has 5 nitrogen and oxygen atoms in total. The second-order valence-corrected chi connectivity index (χ2v) is 6.13. The highest BCUT2D eigenvalue weighted by Gasteiger charge is 2.17. The van der Waals surface area contributed by atoms with Crippen LogP contribution in [0.15, 0.2) is 24.3 Å². The second-order valence-electron chi connectivity index (χ2n) is 6.13. The summed E-state index contributed by atoms with van der Waals surface area (Å²) in [5.74, 6) is 1.04. The molecule has 0 aliphatic rings. The third-order valence-corrected chi connectivity index (χ3v) is 3.92. The van der Waals surface area contributed by atoms with E-state index < -0.39 is 6.10 Å². The van der Waals surface area contributed by atoms with E-state index in [0.717, 1.165) is 29.7 Å². The summed E-state index contributed by atoms with van der Waals surface area (Å²) in [6.07, 6.45) is 1.28. The van der Waals surface area contributed by atoms with Gasteiger partial charge in [0.15, 0.2) is 0 Å². The van der Waals surface area contributed by atoms with Crippen LogP contribution in [0.1, 0.15) is 32.5 Å². The van der Waals surface area contributed by atoms with Crippen LogP contribution in [0.25, 0.3) is 11.0 Å². The van der Waals surface area contributed by atoms with Crippen LogP contribution in [0.2, 0.25) is 0 Å². The largest absolute Gasteiger partial charge is 0.392 e. The minimum atomic E-state index is -0.565. The molecular weight excluding hydrogens is 278 g/mol. The molecule has 0 saturated heterocycles. The fourth-order valence-corrected chi connectivity index (χ4v) is 2.30. The van der Waals surface area contributed by atoms with Crippen molar-refractivity contribution in [3.63, 3.8) is 0 Å². The molecule has 1 heterocycles. The summed E-state index contributed by atoms with van der Waals surface area (Å²) >= 11 is 0. The van der Waals surface area contributed by atoms with Gasteiger partial charge in [-0.3, -0.25) is 4.79 Å². The Bertz CT molecular complexity index is 588. The Labute approximate surface area is 131 Å². The average Bonchev–Trinajstić information content (AvgIpc) is 2.89. The molecule has 1 atom stereocenters. The van der Waals surface area contributed by atoms with E-state index in [1.165, 1.54) is 0 Å². The maximum atomic E-state index is 12.0. The SMILES string of the molecule is CC(C)C(O)CC(=O)N(C)CCCc1nc2ccccc2[nH]1. The number of hydrogen-bond acceptors (Lipinski definition) is 3. The Balaban J connectivity index is 1.79. The number of nitrogens with one attached hydrogen (secondary N) is 1. The highest BCUT2D eigenvalue weighted by Crippen LogP contribution is 2.12. The van der Waals surface area contributed by atoms with Crippen molar-refractivity contribution in [2.75, 3.05) is 13.6 Å². The van der Waals surface area contributed by atoms with Gasteiger partial charge in [-0.25, -0.2) is 4.98 Å². The number of aromatic nitrogens is 2. The van der Waals surface area contributed by atoms with Crippen molar-refractivity contribution < 1.29 is 9.90 Å². The van der Waals surface area contributed by atoms with E-state index >= 15 is 0 Å². The molecule has 0 fully saturated rings. The van der Waals surface area contributed by atoms with E-state index in [2.05, 4.69) is 9.97 Å². The van der Waals surface area contributed by atoms with Gasteiger partial charge in [0.05, 0.1) is 23.6 Å². The molecule has 1 amide bonds. The number of aromatic amines is 1. The first-order valence-corrected chi connectivity index (χ1v) is 7.83. The Kier molecular flexibility index (Phi) is 5.55. The molecule has 0 spiro atoms. The number of amides is 1. The second kappa shape index (κ2) is 7.40. The van der Waals surface area contributed by atoms with E-state index in [0.29, 0.717) is 6.54 Å². The zero-order chi connectivity index (χ0) is 16.1. The van der Waals surface area contributed by atoms with E-state index in [-0.39, 0.29) is 18.2 Å². The molecule has 2 rings (SSSR count). The quantitative estimate of drug-likeness (QED) is 0.825. The number of fused-ring (bicyclic) bond motifs is 1. The number of carbonyl (C=O) groups is 1. The smallest absolute Gasteiger partial charge is 0.224 e. The minimum Gasteiger partial charge on any atom is -0.392 e. The summed E-state index contributed by atoms with van der Waals surface area (Å²) < 4.78 is 0. The molecule has 0 aliphatic heterocycles. The molecule has 1 aromatic carbocycles. The van der Waals surface area contributed by atoms with E-state index in [1.807, 2.05) is 38.1 Å². The molecule has 0 bridgehead atoms. The summed E-state index contributed by atoms with van der Waals surface area (Å²) in [5, 5.41) is 9.77. The molecule has 0 saturated carbocycles. The predicted molar refractivity (Wildman–Crippen MR) is 87.5 cm³/mol. The number of H-pyrrole nitrogens is 1. The Hall–Kier alpha value is -1.88. The van der Waals surface area contributed by atoms with Gasteiger partial charge in [-0.15, -0.1) is 0 Å². The molecule has 1 unspecified atom stereocenters. The van der Waals surface area contributed by atoms with Gasteiger partial charge >= 0.3 is 0 Å². The number of carbonyl (C=O) groups excluding carboxylic acids is 1. The number of para-hydroxylation sites is 2. The molecule has 5 heteroatoms. The fraction of sp³-hybridized carbons (Fsp3) is 0.529. The molecule has 2 N–H and O–H groups in total. The summed E-state index contributed by atoms with van der Waals surface area (Å²) in [6.45, 7) is 4.50. The van der Waals surface area contributed by atoms with Crippen molar-refractivity contribution in [2.45, 2.75) is 39.2 Å². The van der Waals surface area contributed by atoms with Gasteiger partial charge in [0.1, 0.15) is 5.82 Å². The van der Waals surface area contributed by atoms with Crippen LogP contribution in [-0.4, -0.2) is 45.6 Å². The first-order valence-electron chi connectivity index (χ1n) is 7.83. The topological polar surface area (TPSA) is 69.2 Å². The van der Waals surface area contributed by atoms with Gasteiger partial charge in [0.25, 0.3) is 0 Å². The van der Waals surface area contributed by atoms with Crippen LogP contribution < -0.4 is 0 Å². The van der Waals surface area contributed by atoms with Gasteiger partial charge in [0, 0.05) is 20.0 Å². The molecule has 2 aromatic rings. The van der Waals surface area contributed by atoms with Gasteiger partial charge in [-0.1, -0.05) is 26.0 Å². The van der Waals surface area contributed by atoms with Crippen LogP contribution in [-0.2, 0) is 11.2 Å². The Morgan fingerprint density at radius 1 is 1.36 bits per heavy atom. The van der Waals surface area contributed by atoms with Crippen LogP contribution >= 0.6 is 0 Å². The van der Waals surface area contributed by atoms with Crippen LogP contribution in [0.4, 0.5) is 0 Å². The number of benzene rings is 1. The van der Waals surface area contributed by atoms with Crippen LogP contribution in [0.3, 0.4) is 0 Å². The lowest BCUT2D eigenvalue weighted by atomic mass is 10.0. The minimum absolute atomic E-state index is 0.00851. The molecule has 1 aromatic heterocycles. The number of aryl methyl sites for hydroxylation is 1. The van der Waals surface area contributed by atoms with E-state index in [1.54, 1.807) is 11.9 Å².